The highest BCUT2D eigenvalue weighted by Gasteiger charge is 2.30. The second kappa shape index (κ2) is 5.28. The van der Waals surface area contributed by atoms with Crippen LogP contribution in [0.15, 0.2) is 10.3 Å². The topological polar surface area (TPSA) is 72.2 Å². The molecule has 1 saturated carbocycles. The number of nitrogens with one attached hydrogen (secondary N) is 1. The van der Waals surface area contributed by atoms with E-state index in [4.69, 9.17) is 5.73 Å². The molecular weight excluding hydrogens is 268 g/mol. The number of sulfonamides is 1. The Morgan fingerprint density at radius 2 is 2.22 bits per heavy atom. The standard InChI is InChI=1S/C12H20N2O2S2/c1-8-4-3-5-10(8)14-18(15,16)12-9(2)7-17-11(12)6-13/h7-8,10,14H,3-6,13H2,1-2H3. The van der Waals surface area contributed by atoms with Crippen LogP contribution in [0.25, 0.3) is 0 Å². The summed E-state index contributed by atoms with van der Waals surface area (Å²) >= 11 is 1.42. The maximum atomic E-state index is 12.4. The van der Waals surface area contributed by atoms with Crippen molar-refractivity contribution in [3.8, 4) is 0 Å². The van der Waals surface area contributed by atoms with Gasteiger partial charge in [-0.3, -0.25) is 0 Å². The first-order valence-corrected chi connectivity index (χ1v) is 8.61. The van der Waals surface area contributed by atoms with Crippen LogP contribution in [0.3, 0.4) is 0 Å². The SMILES string of the molecule is Cc1csc(CN)c1S(=O)(=O)NC1CCCC1C. The number of hydrogen-bond donors (Lipinski definition) is 2. The Labute approximate surface area is 113 Å². The van der Waals surface area contributed by atoms with Crippen LogP contribution >= 0.6 is 11.3 Å². The zero-order valence-electron chi connectivity index (χ0n) is 10.8. The number of thiophene rings is 1. The second-order valence-electron chi connectivity index (χ2n) is 5.01. The van der Waals surface area contributed by atoms with Crippen molar-refractivity contribution >= 4 is 21.4 Å². The van der Waals surface area contributed by atoms with Crippen LogP contribution in [0.2, 0.25) is 0 Å². The van der Waals surface area contributed by atoms with Gasteiger partial charge in [0.05, 0.1) is 0 Å². The van der Waals surface area contributed by atoms with E-state index < -0.39 is 10.0 Å². The zero-order valence-corrected chi connectivity index (χ0v) is 12.4. The molecule has 18 heavy (non-hydrogen) atoms. The molecular formula is C12H20N2O2S2. The molecule has 1 aromatic rings. The first-order chi connectivity index (χ1) is 8.45. The van der Waals surface area contributed by atoms with Gasteiger partial charge < -0.3 is 5.73 Å². The molecule has 0 amide bonds. The smallest absolute Gasteiger partial charge is 0.242 e. The molecule has 1 aliphatic carbocycles. The molecule has 0 bridgehead atoms. The lowest BCUT2D eigenvalue weighted by Gasteiger charge is -2.18. The highest BCUT2D eigenvalue weighted by atomic mass is 32.2. The predicted octanol–water partition coefficient (Wildman–Crippen LogP) is 1.98. The van der Waals surface area contributed by atoms with E-state index in [9.17, 15) is 8.42 Å². The molecule has 0 radical (unpaired) electrons. The molecule has 0 aliphatic heterocycles. The van der Waals surface area contributed by atoms with Gasteiger partial charge in [0.2, 0.25) is 10.0 Å². The Kier molecular flexibility index (Phi) is 4.11. The van der Waals surface area contributed by atoms with E-state index in [2.05, 4.69) is 11.6 Å². The van der Waals surface area contributed by atoms with Gasteiger partial charge in [0, 0.05) is 17.5 Å². The van der Waals surface area contributed by atoms with E-state index in [-0.39, 0.29) is 12.6 Å². The summed E-state index contributed by atoms with van der Waals surface area (Å²) in [5.74, 6) is 0.417. The minimum absolute atomic E-state index is 0.0694. The summed E-state index contributed by atoms with van der Waals surface area (Å²) < 4.78 is 27.7. The highest BCUT2D eigenvalue weighted by Crippen LogP contribution is 2.30. The molecule has 1 heterocycles. The van der Waals surface area contributed by atoms with Crippen LogP contribution in [0.4, 0.5) is 0 Å². The molecule has 1 fully saturated rings. The van der Waals surface area contributed by atoms with Crippen molar-refractivity contribution in [2.24, 2.45) is 11.7 Å². The zero-order chi connectivity index (χ0) is 13.3. The van der Waals surface area contributed by atoms with E-state index in [1.807, 2.05) is 12.3 Å². The highest BCUT2D eigenvalue weighted by molar-refractivity contribution is 7.89. The van der Waals surface area contributed by atoms with Crippen LogP contribution in [0.5, 0.6) is 0 Å². The summed E-state index contributed by atoms with van der Waals surface area (Å²) in [6.45, 7) is 4.20. The molecule has 1 aromatic heterocycles. The number of rotatable bonds is 4. The minimum atomic E-state index is -3.43. The van der Waals surface area contributed by atoms with Crippen molar-refractivity contribution < 1.29 is 8.42 Å². The third-order valence-electron chi connectivity index (χ3n) is 3.61. The van der Waals surface area contributed by atoms with E-state index >= 15 is 0 Å². The van der Waals surface area contributed by atoms with Crippen LogP contribution in [-0.4, -0.2) is 14.5 Å². The van der Waals surface area contributed by atoms with E-state index in [0.29, 0.717) is 10.8 Å². The lowest BCUT2D eigenvalue weighted by atomic mass is 10.1. The second-order valence-corrected chi connectivity index (χ2v) is 7.63. The number of aryl methyl sites for hydroxylation is 1. The van der Waals surface area contributed by atoms with E-state index in [0.717, 1.165) is 29.7 Å². The third-order valence-corrected chi connectivity index (χ3v) is 6.59. The Hall–Kier alpha value is -0.430. The van der Waals surface area contributed by atoms with Gasteiger partial charge in [-0.15, -0.1) is 11.3 Å². The Morgan fingerprint density at radius 1 is 1.50 bits per heavy atom. The molecule has 2 rings (SSSR count). The average molecular weight is 288 g/mol. The molecule has 2 atom stereocenters. The summed E-state index contributed by atoms with van der Waals surface area (Å²) in [6.07, 6.45) is 3.13. The van der Waals surface area contributed by atoms with Gasteiger partial charge in [0.15, 0.2) is 0 Å². The molecule has 0 aromatic carbocycles. The molecule has 1 aliphatic rings. The number of hydrogen-bond acceptors (Lipinski definition) is 4. The molecule has 102 valence electrons. The molecule has 0 saturated heterocycles. The monoisotopic (exact) mass is 288 g/mol. The average Bonchev–Trinajstić information content (AvgIpc) is 2.85. The summed E-state index contributed by atoms with van der Waals surface area (Å²) in [5.41, 5.74) is 6.40. The normalized spacial score (nSPS) is 24.6. The Morgan fingerprint density at radius 3 is 2.78 bits per heavy atom. The van der Waals surface area contributed by atoms with Crippen LogP contribution < -0.4 is 10.5 Å². The van der Waals surface area contributed by atoms with Gasteiger partial charge in [-0.25, -0.2) is 13.1 Å². The van der Waals surface area contributed by atoms with Crippen molar-refractivity contribution in [2.75, 3.05) is 0 Å². The maximum Gasteiger partial charge on any atom is 0.242 e. The van der Waals surface area contributed by atoms with Crippen LogP contribution in [0, 0.1) is 12.8 Å². The quantitative estimate of drug-likeness (QED) is 0.890. The van der Waals surface area contributed by atoms with E-state index in [1.165, 1.54) is 11.3 Å². The minimum Gasteiger partial charge on any atom is -0.326 e. The van der Waals surface area contributed by atoms with Crippen molar-refractivity contribution in [3.63, 3.8) is 0 Å². The van der Waals surface area contributed by atoms with Gasteiger partial charge >= 0.3 is 0 Å². The number of nitrogens with two attached hydrogens (primary N) is 1. The fourth-order valence-electron chi connectivity index (χ4n) is 2.57. The molecule has 4 nitrogen and oxygen atoms in total. The Balaban J connectivity index is 2.27. The van der Waals surface area contributed by atoms with Crippen molar-refractivity contribution in [1.82, 2.24) is 4.72 Å². The molecule has 3 N–H and O–H groups in total. The van der Waals surface area contributed by atoms with Crippen molar-refractivity contribution in [3.05, 3.63) is 15.8 Å². The fraction of sp³-hybridized carbons (Fsp3) is 0.667. The van der Waals surface area contributed by atoms with Gasteiger partial charge in [0.1, 0.15) is 4.90 Å². The van der Waals surface area contributed by atoms with Gasteiger partial charge in [-0.2, -0.15) is 0 Å². The predicted molar refractivity (Wildman–Crippen MR) is 74.1 cm³/mol. The molecule has 2 unspecified atom stereocenters. The maximum absolute atomic E-state index is 12.4. The molecule has 0 spiro atoms. The summed E-state index contributed by atoms with van der Waals surface area (Å²) in [5, 5.41) is 1.86. The first-order valence-electron chi connectivity index (χ1n) is 6.25. The lowest BCUT2D eigenvalue weighted by molar-refractivity contribution is 0.476. The summed E-state index contributed by atoms with van der Waals surface area (Å²) in [6, 6.07) is 0.0694. The summed E-state index contributed by atoms with van der Waals surface area (Å²) in [7, 11) is -3.43. The fourth-order valence-corrected chi connectivity index (χ4v) is 5.65. The lowest BCUT2D eigenvalue weighted by Crippen LogP contribution is -2.36. The van der Waals surface area contributed by atoms with Crippen molar-refractivity contribution in [1.29, 1.82) is 0 Å². The summed E-state index contributed by atoms with van der Waals surface area (Å²) in [4.78, 5) is 1.14. The van der Waals surface area contributed by atoms with Crippen LogP contribution in [-0.2, 0) is 16.6 Å². The molecule has 6 heteroatoms. The third kappa shape index (κ3) is 2.61. The largest absolute Gasteiger partial charge is 0.326 e. The first kappa shape index (κ1) is 14.0. The van der Waals surface area contributed by atoms with Gasteiger partial charge in [-0.05, 0) is 36.6 Å². The van der Waals surface area contributed by atoms with Crippen LogP contribution in [0.1, 0.15) is 36.6 Å². The Bertz CT molecular complexity index is 522. The van der Waals surface area contributed by atoms with Gasteiger partial charge in [0.25, 0.3) is 0 Å². The van der Waals surface area contributed by atoms with E-state index in [1.54, 1.807) is 0 Å². The van der Waals surface area contributed by atoms with Crippen molar-refractivity contribution in [2.45, 2.75) is 50.6 Å². The van der Waals surface area contributed by atoms with Gasteiger partial charge in [-0.1, -0.05) is 13.3 Å².